The Morgan fingerprint density at radius 1 is 0.857 bits per heavy atom. The third kappa shape index (κ3) is 6.71. The summed E-state index contributed by atoms with van der Waals surface area (Å²) in [5, 5.41) is 19.4. The Bertz CT molecular complexity index is 760. The Kier molecular flexibility index (Phi) is 9.15. The molecule has 0 aliphatic rings. The SMILES string of the molecule is CCOC(=O)/C(C=Nc1ccccc1N=C/C(C(=O)OCC)=C(/C)O)=C(\C)O. The molecule has 1 aromatic rings. The second-order valence-corrected chi connectivity index (χ2v) is 5.44. The molecule has 0 aliphatic heterocycles. The van der Waals surface area contributed by atoms with Gasteiger partial charge < -0.3 is 19.7 Å². The van der Waals surface area contributed by atoms with Gasteiger partial charge in [0.25, 0.3) is 0 Å². The van der Waals surface area contributed by atoms with E-state index >= 15 is 0 Å². The number of carbonyl (C=O) groups excluding carboxylic acids is 2. The van der Waals surface area contributed by atoms with Gasteiger partial charge in [0.2, 0.25) is 0 Å². The van der Waals surface area contributed by atoms with Crippen molar-refractivity contribution in [1.29, 1.82) is 0 Å². The van der Waals surface area contributed by atoms with Crippen molar-refractivity contribution >= 4 is 35.7 Å². The number of aliphatic hydroxyl groups is 2. The summed E-state index contributed by atoms with van der Waals surface area (Å²) >= 11 is 0. The molecule has 0 aliphatic carbocycles. The van der Waals surface area contributed by atoms with Crippen molar-refractivity contribution in [2.24, 2.45) is 9.98 Å². The van der Waals surface area contributed by atoms with Crippen LogP contribution in [0.5, 0.6) is 0 Å². The van der Waals surface area contributed by atoms with Crippen LogP contribution in [0.3, 0.4) is 0 Å². The summed E-state index contributed by atoms with van der Waals surface area (Å²) in [6.45, 7) is 6.33. The van der Waals surface area contributed by atoms with Crippen LogP contribution in [0.2, 0.25) is 0 Å². The van der Waals surface area contributed by atoms with Crippen molar-refractivity contribution in [3.8, 4) is 0 Å². The predicted molar refractivity (Wildman–Crippen MR) is 107 cm³/mol. The van der Waals surface area contributed by atoms with Gasteiger partial charge in [-0.05, 0) is 39.8 Å². The number of allylic oxidation sites excluding steroid dienone is 2. The number of carbonyl (C=O) groups is 2. The van der Waals surface area contributed by atoms with Crippen LogP contribution in [0, 0.1) is 0 Å². The highest BCUT2D eigenvalue weighted by Crippen LogP contribution is 2.27. The maximum absolute atomic E-state index is 11.9. The van der Waals surface area contributed by atoms with Gasteiger partial charge in [0.1, 0.15) is 22.7 Å². The van der Waals surface area contributed by atoms with Crippen LogP contribution >= 0.6 is 0 Å². The highest BCUT2D eigenvalue weighted by atomic mass is 16.5. The second-order valence-electron chi connectivity index (χ2n) is 5.44. The number of hydrogen-bond acceptors (Lipinski definition) is 8. The summed E-state index contributed by atoms with van der Waals surface area (Å²) in [7, 11) is 0. The molecule has 1 aromatic carbocycles. The zero-order valence-corrected chi connectivity index (χ0v) is 16.3. The normalized spacial score (nSPS) is 13.3. The van der Waals surface area contributed by atoms with Gasteiger partial charge in [-0.3, -0.25) is 9.98 Å². The zero-order valence-electron chi connectivity index (χ0n) is 16.3. The van der Waals surface area contributed by atoms with Crippen LogP contribution in [0.15, 0.2) is 56.9 Å². The predicted octanol–water partition coefficient (Wildman–Crippen LogP) is 3.88. The number of para-hydroxylation sites is 2. The highest BCUT2D eigenvalue weighted by Gasteiger charge is 2.13. The summed E-state index contributed by atoms with van der Waals surface area (Å²) in [6.07, 6.45) is 2.36. The number of rotatable bonds is 8. The number of hydrogen-bond donors (Lipinski definition) is 2. The van der Waals surface area contributed by atoms with Gasteiger partial charge in [0, 0.05) is 12.4 Å². The van der Waals surface area contributed by atoms with E-state index in [1.165, 1.54) is 26.3 Å². The molecule has 8 heteroatoms. The minimum Gasteiger partial charge on any atom is -0.512 e. The molecule has 0 bridgehead atoms. The minimum absolute atomic E-state index is 0.0843. The standard InChI is InChI=1S/C20H24N2O6/c1-5-27-19(25)15(13(3)23)11-21-17-9-7-8-10-18(17)22-12-16(14(4)24)20(26)28-6-2/h7-12,23-24H,5-6H2,1-4H3/b15-13+,16-14+,21-11?,22-12?. The van der Waals surface area contributed by atoms with Crippen LogP contribution in [0.1, 0.15) is 27.7 Å². The highest BCUT2D eigenvalue weighted by molar-refractivity contribution is 6.11. The molecule has 150 valence electrons. The molecule has 0 atom stereocenters. The van der Waals surface area contributed by atoms with Gasteiger partial charge in [0.15, 0.2) is 0 Å². The smallest absolute Gasteiger partial charge is 0.343 e. The van der Waals surface area contributed by atoms with Crippen molar-refractivity contribution in [2.45, 2.75) is 27.7 Å². The summed E-state index contributed by atoms with van der Waals surface area (Å²) in [5.41, 5.74) is 0.582. The largest absolute Gasteiger partial charge is 0.512 e. The molecule has 0 aromatic heterocycles. The third-order valence-corrected chi connectivity index (χ3v) is 3.32. The fourth-order valence-electron chi connectivity index (χ4n) is 1.96. The summed E-state index contributed by atoms with van der Waals surface area (Å²) in [6, 6.07) is 6.70. The number of aliphatic hydroxyl groups excluding tert-OH is 2. The molecule has 0 amide bonds. The van der Waals surface area contributed by atoms with Crippen LogP contribution in [-0.2, 0) is 19.1 Å². The molecule has 0 spiro atoms. The maximum Gasteiger partial charge on any atom is 0.343 e. The van der Waals surface area contributed by atoms with Crippen molar-refractivity contribution in [3.05, 3.63) is 46.9 Å². The molecule has 8 nitrogen and oxygen atoms in total. The topological polar surface area (TPSA) is 118 Å². The van der Waals surface area contributed by atoms with Crippen molar-refractivity contribution < 1.29 is 29.3 Å². The van der Waals surface area contributed by atoms with E-state index in [0.717, 1.165) is 0 Å². The Hall–Kier alpha value is -3.42. The fourth-order valence-corrected chi connectivity index (χ4v) is 1.96. The first-order valence-electron chi connectivity index (χ1n) is 8.62. The van der Waals surface area contributed by atoms with E-state index in [2.05, 4.69) is 9.98 Å². The minimum atomic E-state index is -0.698. The summed E-state index contributed by atoms with van der Waals surface area (Å²) in [4.78, 5) is 32.1. The zero-order chi connectivity index (χ0) is 21.1. The van der Waals surface area contributed by atoms with Gasteiger partial charge in [-0.15, -0.1) is 0 Å². The lowest BCUT2D eigenvalue weighted by Gasteiger charge is -2.05. The lowest BCUT2D eigenvalue weighted by molar-refractivity contribution is -0.139. The first-order chi connectivity index (χ1) is 13.3. The van der Waals surface area contributed by atoms with Crippen LogP contribution in [0.25, 0.3) is 0 Å². The molecule has 2 N–H and O–H groups in total. The van der Waals surface area contributed by atoms with E-state index in [4.69, 9.17) is 9.47 Å². The Morgan fingerprint density at radius 2 is 1.21 bits per heavy atom. The third-order valence-electron chi connectivity index (χ3n) is 3.32. The fraction of sp³-hybridized carbons (Fsp3) is 0.300. The number of ether oxygens (including phenoxy) is 2. The van der Waals surface area contributed by atoms with Gasteiger partial charge in [-0.25, -0.2) is 9.59 Å². The number of esters is 2. The molecular formula is C20H24N2O6. The van der Waals surface area contributed by atoms with Crippen LogP contribution < -0.4 is 0 Å². The van der Waals surface area contributed by atoms with Crippen LogP contribution in [-0.4, -0.2) is 47.8 Å². The monoisotopic (exact) mass is 388 g/mol. The van der Waals surface area contributed by atoms with E-state index < -0.39 is 11.9 Å². The van der Waals surface area contributed by atoms with Crippen molar-refractivity contribution in [2.75, 3.05) is 13.2 Å². The molecule has 0 saturated carbocycles. The molecule has 0 unspecified atom stereocenters. The quantitative estimate of drug-likeness (QED) is 0.302. The number of benzene rings is 1. The Balaban J connectivity index is 3.21. The van der Waals surface area contributed by atoms with Crippen LogP contribution in [0.4, 0.5) is 11.4 Å². The second kappa shape index (κ2) is 11.3. The number of aliphatic imine (C=N–C) groups is 2. The lowest BCUT2D eigenvalue weighted by atomic mass is 10.2. The molecule has 28 heavy (non-hydrogen) atoms. The first-order valence-corrected chi connectivity index (χ1v) is 8.62. The molecule has 0 saturated heterocycles. The van der Waals surface area contributed by atoms with Crippen molar-refractivity contribution in [1.82, 2.24) is 0 Å². The average molecular weight is 388 g/mol. The van der Waals surface area contributed by atoms with E-state index in [0.29, 0.717) is 11.4 Å². The van der Waals surface area contributed by atoms with E-state index in [-0.39, 0.29) is 35.9 Å². The molecule has 0 radical (unpaired) electrons. The molecular weight excluding hydrogens is 364 g/mol. The van der Waals surface area contributed by atoms with Gasteiger partial charge in [-0.2, -0.15) is 0 Å². The average Bonchev–Trinajstić information content (AvgIpc) is 2.63. The Morgan fingerprint density at radius 3 is 1.50 bits per heavy atom. The van der Waals surface area contributed by atoms with Gasteiger partial charge in [0.05, 0.1) is 24.6 Å². The van der Waals surface area contributed by atoms with Gasteiger partial charge in [-0.1, -0.05) is 12.1 Å². The lowest BCUT2D eigenvalue weighted by Crippen LogP contribution is -2.10. The first kappa shape index (κ1) is 22.6. The van der Waals surface area contributed by atoms with E-state index in [1.807, 2.05) is 0 Å². The summed E-state index contributed by atoms with van der Waals surface area (Å²) < 4.78 is 9.75. The maximum atomic E-state index is 11.9. The Labute approximate surface area is 163 Å². The van der Waals surface area contributed by atoms with E-state index in [9.17, 15) is 19.8 Å². The number of nitrogens with zero attached hydrogens (tertiary/aromatic N) is 2. The van der Waals surface area contributed by atoms with E-state index in [1.54, 1.807) is 38.1 Å². The van der Waals surface area contributed by atoms with Gasteiger partial charge >= 0.3 is 11.9 Å². The molecule has 0 fully saturated rings. The molecule has 0 heterocycles. The van der Waals surface area contributed by atoms with Crippen molar-refractivity contribution in [3.63, 3.8) is 0 Å². The summed E-state index contributed by atoms with van der Waals surface area (Å²) in [5.74, 6) is -1.86. The molecule has 1 rings (SSSR count).